The van der Waals surface area contributed by atoms with Crippen LogP contribution in [0.2, 0.25) is 0 Å². The fourth-order valence-electron chi connectivity index (χ4n) is 2.19. The van der Waals surface area contributed by atoms with Gasteiger partial charge in [0, 0.05) is 41.8 Å². The fourth-order valence-corrected chi connectivity index (χ4v) is 2.19. The molecule has 3 N–H and O–H groups in total. The van der Waals surface area contributed by atoms with Gasteiger partial charge in [-0.2, -0.15) is 0 Å². The average molecular weight is 289 g/mol. The van der Waals surface area contributed by atoms with Gasteiger partial charge >= 0.3 is 0 Å². The number of rotatable bonds is 5. The normalized spacial score (nSPS) is 12.1. The number of fused-ring (bicyclic) bond motifs is 1. The molecular formula is C16H20FN3O. The summed E-state index contributed by atoms with van der Waals surface area (Å²) in [6.45, 7) is 4.44. The molecule has 0 atom stereocenters. The molecule has 2 rings (SSSR count). The first-order valence-electron chi connectivity index (χ1n) is 6.93. The van der Waals surface area contributed by atoms with Crippen LogP contribution in [0, 0.1) is 0 Å². The minimum absolute atomic E-state index is 0.0917. The maximum absolute atomic E-state index is 12.6. The number of nitrogens with two attached hydrogens (primary N) is 1. The maximum atomic E-state index is 12.6. The van der Waals surface area contributed by atoms with E-state index in [1.54, 1.807) is 6.07 Å². The van der Waals surface area contributed by atoms with Crippen LogP contribution in [0.1, 0.15) is 24.2 Å². The quantitative estimate of drug-likeness (QED) is 0.889. The van der Waals surface area contributed by atoms with Crippen molar-refractivity contribution < 1.29 is 9.18 Å². The Morgan fingerprint density at radius 3 is 2.81 bits per heavy atom. The topological polar surface area (TPSA) is 60.0 Å². The van der Waals surface area contributed by atoms with E-state index >= 15 is 0 Å². The van der Waals surface area contributed by atoms with Gasteiger partial charge in [-0.1, -0.05) is 0 Å². The predicted octanol–water partition coefficient (Wildman–Crippen LogP) is 2.59. The van der Waals surface area contributed by atoms with Crippen LogP contribution in [0.5, 0.6) is 0 Å². The Kier molecular flexibility index (Phi) is 4.75. The van der Waals surface area contributed by atoms with Gasteiger partial charge in [0.2, 0.25) is 0 Å². The molecule has 0 bridgehead atoms. The Bertz CT molecular complexity index is 673. The zero-order chi connectivity index (χ0) is 15.4. The van der Waals surface area contributed by atoms with Crippen molar-refractivity contribution in [3.63, 3.8) is 0 Å². The van der Waals surface area contributed by atoms with Crippen molar-refractivity contribution in [1.82, 2.24) is 9.88 Å². The van der Waals surface area contributed by atoms with Crippen LogP contribution in [0.15, 0.2) is 42.4 Å². The van der Waals surface area contributed by atoms with Crippen molar-refractivity contribution in [2.75, 3.05) is 6.54 Å². The third-order valence-corrected chi connectivity index (χ3v) is 3.24. The van der Waals surface area contributed by atoms with Gasteiger partial charge in [-0.3, -0.25) is 4.79 Å². The molecule has 0 saturated heterocycles. The Morgan fingerprint density at radius 1 is 1.43 bits per heavy atom. The fraction of sp³-hybridized carbons (Fsp3) is 0.312. The van der Waals surface area contributed by atoms with Gasteiger partial charge < -0.3 is 15.6 Å². The summed E-state index contributed by atoms with van der Waals surface area (Å²) in [4.78, 5) is 12.0. The van der Waals surface area contributed by atoms with E-state index < -0.39 is 0 Å². The molecule has 0 unspecified atom stereocenters. The molecule has 0 aliphatic carbocycles. The lowest BCUT2D eigenvalue weighted by Gasteiger charge is -2.09. The summed E-state index contributed by atoms with van der Waals surface area (Å²) in [6, 6.07) is 7.49. The van der Waals surface area contributed by atoms with E-state index in [0.717, 1.165) is 10.9 Å². The number of halogens is 1. The highest BCUT2D eigenvalue weighted by atomic mass is 19.1. The van der Waals surface area contributed by atoms with E-state index in [-0.39, 0.29) is 18.5 Å². The number of nitrogens with one attached hydrogen (secondary N) is 1. The summed E-state index contributed by atoms with van der Waals surface area (Å²) in [6.07, 6.45) is 2.42. The average Bonchev–Trinajstić information content (AvgIpc) is 2.86. The van der Waals surface area contributed by atoms with Crippen LogP contribution in [0.3, 0.4) is 0 Å². The number of amides is 1. The standard InChI is InChI=1S/C16H20FN3O/c1-11(2)19-16(21)14-3-4-15-13(7-14)5-6-20(15)10-12(8-17)9-18/h3-8,11H,9-10,18H2,1-2H3,(H,19,21)/b12-8+. The lowest BCUT2D eigenvalue weighted by Crippen LogP contribution is -2.29. The molecule has 0 radical (unpaired) electrons. The second-order valence-corrected chi connectivity index (χ2v) is 5.32. The van der Waals surface area contributed by atoms with Gasteiger partial charge in [0.25, 0.3) is 5.91 Å². The van der Waals surface area contributed by atoms with Crippen molar-refractivity contribution in [3.05, 3.63) is 47.9 Å². The molecule has 1 amide bonds. The molecule has 21 heavy (non-hydrogen) atoms. The third-order valence-electron chi connectivity index (χ3n) is 3.24. The molecule has 1 aromatic carbocycles. The lowest BCUT2D eigenvalue weighted by molar-refractivity contribution is 0.0943. The van der Waals surface area contributed by atoms with Crippen LogP contribution in [0.4, 0.5) is 4.39 Å². The second-order valence-electron chi connectivity index (χ2n) is 5.32. The van der Waals surface area contributed by atoms with E-state index in [4.69, 9.17) is 5.73 Å². The SMILES string of the molecule is CC(C)NC(=O)c1ccc2c(ccn2C/C(=C/F)CN)c1. The molecule has 0 aliphatic heterocycles. The molecule has 0 fully saturated rings. The molecule has 112 valence electrons. The monoisotopic (exact) mass is 289 g/mol. The van der Waals surface area contributed by atoms with Crippen LogP contribution in [0.25, 0.3) is 10.9 Å². The summed E-state index contributed by atoms with van der Waals surface area (Å²) >= 11 is 0. The predicted molar refractivity (Wildman–Crippen MR) is 82.8 cm³/mol. The smallest absolute Gasteiger partial charge is 0.251 e. The van der Waals surface area contributed by atoms with E-state index in [1.807, 2.05) is 42.8 Å². The largest absolute Gasteiger partial charge is 0.350 e. The molecule has 1 aromatic heterocycles. The van der Waals surface area contributed by atoms with Gasteiger partial charge in [-0.25, -0.2) is 4.39 Å². The zero-order valence-electron chi connectivity index (χ0n) is 12.3. The van der Waals surface area contributed by atoms with Crippen molar-refractivity contribution >= 4 is 16.8 Å². The van der Waals surface area contributed by atoms with Gasteiger partial charge in [-0.15, -0.1) is 0 Å². The first-order valence-corrected chi connectivity index (χ1v) is 6.93. The minimum Gasteiger partial charge on any atom is -0.350 e. The molecule has 0 saturated carbocycles. The Labute approximate surface area is 123 Å². The van der Waals surface area contributed by atoms with Crippen LogP contribution < -0.4 is 11.1 Å². The second kappa shape index (κ2) is 6.54. The van der Waals surface area contributed by atoms with Gasteiger partial charge in [-0.05, 0) is 43.7 Å². The van der Waals surface area contributed by atoms with Crippen LogP contribution in [-0.2, 0) is 6.54 Å². The molecule has 5 heteroatoms. The third kappa shape index (κ3) is 3.49. The molecule has 4 nitrogen and oxygen atoms in total. The number of nitrogens with zero attached hydrogens (tertiary/aromatic N) is 1. The Morgan fingerprint density at radius 2 is 2.19 bits per heavy atom. The molecule has 0 aliphatic rings. The van der Waals surface area contributed by atoms with Crippen LogP contribution >= 0.6 is 0 Å². The van der Waals surface area contributed by atoms with Crippen molar-refractivity contribution in [1.29, 1.82) is 0 Å². The summed E-state index contributed by atoms with van der Waals surface area (Å²) in [7, 11) is 0. The van der Waals surface area contributed by atoms with E-state index in [0.29, 0.717) is 24.0 Å². The summed E-state index contributed by atoms with van der Waals surface area (Å²) in [5.41, 5.74) is 7.57. The molecule has 2 aromatic rings. The summed E-state index contributed by atoms with van der Waals surface area (Å²) < 4.78 is 14.5. The summed E-state index contributed by atoms with van der Waals surface area (Å²) in [5.74, 6) is -0.0917. The number of aromatic nitrogens is 1. The minimum atomic E-state index is -0.0917. The van der Waals surface area contributed by atoms with E-state index in [9.17, 15) is 9.18 Å². The number of carbonyl (C=O) groups is 1. The highest BCUT2D eigenvalue weighted by Gasteiger charge is 2.09. The van der Waals surface area contributed by atoms with Crippen molar-refractivity contribution in [2.45, 2.75) is 26.4 Å². The molecular weight excluding hydrogens is 269 g/mol. The first kappa shape index (κ1) is 15.3. The number of benzene rings is 1. The lowest BCUT2D eigenvalue weighted by atomic mass is 10.1. The number of hydrogen-bond donors (Lipinski definition) is 2. The maximum Gasteiger partial charge on any atom is 0.251 e. The van der Waals surface area contributed by atoms with Gasteiger partial charge in [0.15, 0.2) is 0 Å². The Balaban J connectivity index is 2.29. The van der Waals surface area contributed by atoms with Gasteiger partial charge in [0.1, 0.15) is 0 Å². The highest BCUT2D eigenvalue weighted by molar-refractivity contribution is 5.98. The first-order chi connectivity index (χ1) is 10.0. The molecule has 1 heterocycles. The number of carbonyl (C=O) groups excluding carboxylic acids is 1. The number of hydrogen-bond acceptors (Lipinski definition) is 2. The van der Waals surface area contributed by atoms with Crippen molar-refractivity contribution in [3.8, 4) is 0 Å². The highest BCUT2D eigenvalue weighted by Crippen LogP contribution is 2.19. The zero-order valence-corrected chi connectivity index (χ0v) is 12.3. The van der Waals surface area contributed by atoms with Gasteiger partial charge in [0.05, 0.1) is 6.33 Å². The van der Waals surface area contributed by atoms with Crippen molar-refractivity contribution in [2.24, 2.45) is 5.73 Å². The molecule has 0 spiro atoms. The van der Waals surface area contributed by atoms with E-state index in [2.05, 4.69) is 5.32 Å². The van der Waals surface area contributed by atoms with E-state index in [1.165, 1.54) is 0 Å². The summed E-state index contributed by atoms with van der Waals surface area (Å²) in [5, 5.41) is 3.81. The van der Waals surface area contributed by atoms with Crippen LogP contribution in [-0.4, -0.2) is 23.1 Å². The Hall–Kier alpha value is -2.14.